The molecule has 0 unspecified atom stereocenters. The summed E-state index contributed by atoms with van der Waals surface area (Å²) in [6.45, 7) is 4.52. The number of hydrogen-bond donors (Lipinski definition) is 3. The van der Waals surface area contributed by atoms with E-state index in [1.807, 2.05) is 7.05 Å². The molecule has 28 heavy (non-hydrogen) atoms. The number of nitrogens with zero attached hydrogens (tertiary/aromatic N) is 1. The molecule has 154 valence electrons. The zero-order chi connectivity index (χ0) is 20.9. The number of carbonyl (C=O) groups is 3. The Morgan fingerprint density at radius 3 is 2.25 bits per heavy atom. The van der Waals surface area contributed by atoms with Gasteiger partial charge in [0.15, 0.2) is 0 Å². The first-order valence-corrected chi connectivity index (χ1v) is 9.37. The summed E-state index contributed by atoms with van der Waals surface area (Å²) in [7, 11) is 3.46. The number of carbonyl (C=O) groups excluding carboxylic acids is 3. The van der Waals surface area contributed by atoms with Crippen LogP contribution in [0.3, 0.4) is 0 Å². The lowest BCUT2D eigenvalue weighted by Gasteiger charge is -2.41. The van der Waals surface area contributed by atoms with Gasteiger partial charge in [-0.25, -0.2) is 4.39 Å². The Morgan fingerprint density at radius 1 is 1.14 bits per heavy atom. The van der Waals surface area contributed by atoms with Crippen molar-refractivity contribution in [2.45, 2.75) is 44.2 Å². The van der Waals surface area contributed by atoms with Crippen LogP contribution in [0.25, 0.3) is 0 Å². The summed E-state index contributed by atoms with van der Waals surface area (Å²) >= 11 is 0. The van der Waals surface area contributed by atoms with Crippen molar-refractivity contribution >= 4 is 17.7 Å². The third-order valence-corrected chi connectivity index (χ3v) is 5.15. The third kappa shape index (κ3) is 5.28. The molecule has 3 amide bonds. The van der Waals surface area contributed by atoms with E-state index in [0.29, 0.717) is 31.5 Å². The molecule has 0 radical (unpaired) electrons. The molecule has 8 heteroatoms. The predicted molar refractivity (Wildman–Crippen MR) is 104 cm³/mol. The van der Waals surface area contributed by atoms with E-state index in [0.717, 1.165) is 0 Å². The summed E-state index contributed by atoms with van der Waals surface area (Å²) in [5, 5.41) is 8.20. The molecule has 7 nitrogen and oxygen atoms in total. The Bertz CT molecular complexity index is 725. The molecule has 1 aliphatic rings. The smallest absolute Gasteiger partial charge is 0.246 e. The van der Waals surface area contributed by atoms with Crippen molar-refractivity contribution in [3.8, 4) is 0 Å². The second kappa shape index (κ2) is 8.68. The second-order valence-corrected chi connectivity index (χ2v) is 7.90. The fourth-order valence-corrected chi connectivity index (χ4v) is 3.28. The van der Waals surface area contributed by atoms with E-state index in [2.05, 4.69) is 20.9 Å². The molecular weight excluding hydrogens is 363 g/mol. The number of nitrogens with one attached hydrogen (secondary N) is 3. The van der Waals surface area contributed by atoms with Crippen molar-refractivity contribution in [2.75, 3.05) is 27.2 Å². The molecule has 0 aliphatic carbocycles. The normalized spacial score (nSPS) is 16.9. The van der Waals surface area contributed by atoms with Gasteiger partial charge in [0.2, 0.25) is 17.7 Å². The number of piperidine rings is 1. The lowest BCUT2D eigenvalue weighted by Crippen LogP contribution is -2.67. The minimum atomic E-state index is -1.11. The molecule has 0 atom stereocenters. The Morgan fingerprint density at radius 2 is 1.71 bits per heavy atom. The van der Waals surface area contributed by atoms with E-state index in [9.17, 15) is 18.8 Å². The van der Waals surface area contributed by atoms with Gasteiger partial charge < -0.3 is 20.9 Å². The number of amides is 3. The average molecular weight is 392 g/mol. The van der Waals surface area contributed by atoms with Crippen molar-refractivity contribution in [3.05, 3.63) is 35.6 Å². The number of hydrogen-bond acceptors (Lipinski definition) is 4. The predicted octanol–water partition coefficient (Wildman–Crippen LogP) is 0.590. The monoisotopic (exact) mass is 392 g/mol. The molecule has 0 bridgehead atoms. The third-order valence-electron chi connectivity index (χ3n) is 5.15. The Balaban J connectivity index is 2.15. The molecule has 2 rings (SSSR count). The van der Waals surface area contributed by atoms with Crippen LogP contribution in [0.2, 0.25) is 0 Å². The SMILES string of the molecule is CNC(=O)C(C)(C)NC(=O)C1(NC(=O)Cc2ccc(F)cc2)CCN(C)CC1. The van der Waals surface area contributed by atoms with Crippen LogP contribution in [-0.4, -0.2) is 60.9 Å². The van der Waals surface area contributed by atoms with Crippen LogP contribution in [0.5, 0.6) is 0 Å². The quantitative estimate of drug-likeness (QED) is 0.661. The van der Waals surface area contributed by atoms with E-state index < -0.39 is 11.1 Å². The van der Waals surface area contributed by atoms with E-state index in [-0.39, 0.29) is 30.0 Å². The molecule has 1 aliphatic heterocycles. The highest BCUT2D eigenvalue weighted by atomic mass is 19.1. The zero-order valence-electron chi connectivity index (χ0n) is 16.9. The van der Waals surface area contributed by atoms with Gasteiger partial charge >= 0.3 is 0 Å². The fraction of sp³-hybridized carbons (Fsp3) is 0.550. The first kappa shape index (κ1) is 21.8. The minimum absolute atomic E-state index is 0.0456. The van der Waals surface area contributed by atoms with E-state index >= 15 is 0 Å². The summed E-state index contributed by atoms with van der Waals surface area (Å²) < 4.78 is 13.1. The highest BCUT2D eigenvalue weighted by Gasteiger charge is 2.44. The summed E-state index contributed by atoms with van der Waals surface area (Å²) in [5.74, 6) is -1.38. The van der Waals surface area contributed by atoms with E-state index in [4.69, 9.17) is 0 Å². The van der Waals surface area contributed by atoms with Crippen LogP contribution in [0, 0.1) is 5.82 Å². The summed E-state index contributed by atoms with van der Waals surface area (Å²) in [5.41, 5.74) is -1.54. The number of halogens is 1. The molecule has 0 aromatic heterocycles. The van der Waals surface area contributed by atoms with Crippen LogP contribution in [0.15, 0.2) is 24.3 Å². The molecule has 1 aromatic rings. The number of likely N-dealkylation sites (tertiary alicyclic amines) is 1. The maximum Gasteiger partial charge on any atom is 0.246 e. The first-order chi connectivity index (χ1) is 13.1. The maximum absolute atomic E-state index is 13.1. The molecule has 3 N–H and O–H groups in total. The summed E-state index contributed by atoms with van der Waals surface area (Å²) in [4.78, 5) is 39.9. The Labute approximate surface area is 165 Å². The summed E-state index contributed by atoms with van der Waals surface area (Å²) in [6.07, 6.45) is 0.923. The highest BCUT2D eigenvalue weighted by molar-refractivity contribution is 5.96. The second-order valence-electron chi connectivity index (χ2n) is 7.90. The number of benzene rings is 1. The molecular formula is C20H29FN4O3. The largest absolute Gasteiger partial charge is 0.357 e. The van der Waals surface area contributed by atoms with E-state index in [1.54, 1.807) is 26.0 Å². The van der Waals surface area contributed by atoms with Crippen molar-refractivity contribution < 1.29 is 18.8 Å². The number of likely N-dealkylation sites (N-methyl/N-ethyl adjacent to an activating group) is 1. The van der Waals surface area contributed by atoms with Crippen LogP contribution >= 0.6 is 0 Å². The standard InChI is InChI=1S/C20H29FN4O3/c1-19(2,17(27)22-3)24-18(28)20(9-11-25(4)12-10-20)23-16(26)13-14-5-7-15(21)8-6-14/h5-8H,9-13H2,1-4H3,(H,22,27)(H,23,26)(H,24,28). The van der Waals surface area contributed by atoms with Gasteiger partial charge in [-0.1, -0.05) is 12.1 Å². The average Bonchev–Trinajstić information content (AvgIpc) is 2.64. The van der Waals surface area contributed by atoms with Crippen molar-refractivity contribution in [1.29, 1.82) is 0 Å². The molecule has 0 saturated carbocycles. The van der Waals surface area contributed by atoms with Gasteiger partial charge in [0, 0.05) is 20.1 Å². The topological polar surface area (TPSA) is 90.5 Å². The minimum Gasteiger partial charge on any atom is -0.357 e. The van der Waals surface area contributed by atoms with Gasteiger partial charge in [-0.15, -0.1) is 0 Å². The van der Waals surface area contributed by atoms with E-state index in [1.165, 1.54) is 19.2 Å². The zero-order valence-corrected chi connectivity index (χ0v) is 16.9. The first-order valence-electron chi connectivity index (χ1n) is 9.37. The van der Waals surface area contributed by atoms with Gasteiger partial charge in [0.05, 0.1) is 6.42 Å². The van der Waals surface area contributed by atoms with Gasteiger partial charge in [0.25, 0.3) is 0 Å². The van der Waals surface area contributed by atoms with Crippen LogP contribution in [-0.2, 0) is 20.8 Å². The highest BCUT2D eigenvalue weighted by Crippen LogP contribution is 2.23. The molecule has 1 saturated heterocycles. The summed E-state index contributed by atoms with van der Waals surface area (Å²) in [6, 6.07) is 5.69. The van der Waals surface area contributed by atoms with Crippen LogP contribution in [0.4, 0.5) is 4.39 Å². The van der Waals surface area contributed by atoms with Gasteiger partial charge in [0.1, 0.15) is 16.9 Å². The Hall–Kier alpha value is -2.48. The lowest BCUT2D eigenvalue weighted by molar-refractivity contribution is -0.139. The maximum atomic E-state index is 13.1. The molecule has 1 fully saturated rings. The lowest BCUT2D eigenvalue weighted by atomic mass is 9.85. The van der Waals surface area contributed by atoms with Gasteiger partial charge in [-0.05, 0) is 51.4 Å². The molecule has 1 heterocycles. The van der Waals surface area contributed by atoms with Crippen molar-refractivity contribution in [3.63, 3.8) is 0 Å². The van der Waals surface area contributed by atoms with Gasteiger partial charge in [-0.3, -0.25) is 14.4 Å². The van der Waals surface area contributed by atoms with Crippen LogP contribution < -0.4 is 16.0 Å². The molecule has 1 aromatic carbocycles. The fourth-order valence-electron chi connectivity index (χ4n) is 3.28. The van der Waals surface area contributed by atoms with Crippen LogP contribution in [0.1, 0.15) is 32.3 Å². The number of rotatable bonds is 6. The van der Waals surface area contributed by atoms with Gasteiger partial charge in [-0.2, -0.15) is 0 Å². The molecule has 0 spiro atoms. The van der Waals surface area contributed by atoms with Crippen molar-refractivity contribution in [1.82, 2.24) is 20.9 Å². The van der Waals surface area contributed by atoms with Crippen molar-refractivity contribution in [2.24, 2.45) is 0 Å². The Kier molecular flexibility index (Phi) is 6.77.